The van der Waals surface area contributed by atoms with Crippen LogP contribution in [0.3, 0.4) is 0 Å². The molecule has 0 saturated carbocycles. The molecule has 0 aliphatic rings. The topological polar surface area (TPSA) is 73.8 Å². The molecule has 0 bridgehead atoms. The molecule has 0 amide bonds. The Morgan fingerprint density at radius 1 is 1.22 bits per heavy atom. The molecule has 0 atom stereocenters. The lowest BCUT2D eigenvalue weighted by Gasteiger charge is -2.27. The normalized spacial score (nSPS) is 10.2. The second-order valence-corrected chi connectivity index (χ2v) is 3.87. The first-order valence-corrected chi connectivity index (χ1v) is 5.99. The van der Waals surface area contributed by atoms with Crippen molar-refractivity contribution in [2.45, 2.75) is 13.3 Å². The molecule has 7 heteroatoms. The summed E-state index contributed by atoms with van der Waals surface area (Å²) >= 11 is 5.82. The van der Waals surface area contributed by atoms with Gasteiger partial charge in [0.1, 0.15) is 25.4 Å². The van der Waals surface area contributed by atoms with Gasteiger partial charge in [-0.1, -0.05) is 18.5 Å². The van der Waals surface area contributed by atoms with Crippen molar-refractivity contribution in [1.82, 2.24) is 0 Å². The number of hydrogen-bond donors (Lipinski definition) is 0. The zero-order valence-electron chi connectivity index (χ0n) is 10.1. The average Bonchev–Trinajstić information content (AvgIpc) is 2.32. The molecule has 0 radical (unpaired) electrons. The van der Waals surface area contributed by atoms with Crippen molar-refractivity contribution in [1.29, 1.82) is 0 Å². The SMILES string of the molecule is CCCOCCOc1ccc(OB([O-])[O-])c(Cl)c1. The van der Waals surface area contributed by atoms with Crippen LogP contribution in [0.2, 0.25) is 5.02 Å². The quantitative estimate of drug-likeness (QED) is 0.500. The number of hydrogen-bond acceptors (Lipinski definition) is 5. The summed E-state index contributed by atoms with van der Waals surface area (Å²) in [4.78, 5) is 0. The lowest BCUT2D eigenvalue weighted by Crippen LogP contribution is -2.50. The summed E-state index contributed by atoms with van der Waals surface area (Å²) in [5.74, 6) is 0.585. The minimum atomic E-state index is -2.39. The van der Waals surface area contributed by atoms with E-state index in [-0.39, 0.29) is 10.8 Å². The van der Waals surface area contributed by atoms with Crippen molar-refractivity contribution in [3.8, 4) is 11.5 Å². The molecular weight excluding hydrogens is 258 g/mol. The zero-order valence-corrected chi connectivity index (χ0v) is 10.8. The van der Waals surface area contributed by atoms with Crippen LogP contribution in [0.5, 0.6) is 11.5 Å². The van der Waals surface area contributed by atoms with E-state index in [1.807, 2.05) is 6.92 Å². The van der Waals surface area contributed by atoms with Gasteiger partial charge in [0.05, 0.1) is 11.6 Å². The molecular formula is C11H14BClO5-2. The van der Waals surface area contributed by atoms with E-state index in [2.05, 4.69) is 4.65 Å². The van der Waals surface area contributed by atoms with Gasteiger partial charge < -0.3 is 24.2 Å². The fourth-order valence-corrected chi connectivity index (χ4v) is 1.45. The van der Waals surface area contributed by atoms with Crippen molar-refractivity contribution in [2.24, 2.45) is 0 Å². The molecule has 0 aliphatic heterocycles. The Bertz CT molecular complexity index is 361. The van der Waals surface area contributed by atoms with Crippen LogP contribution in [0.25, 0.3) is 0 Å². The van der Waals surface area contributed by atoms with Gasteiger partial charge in [0.2, 0.25) is 0 Å². The highest BCUT2D eigenvalue weighted by Crippen LogP contribution is 2.28. The van der Waals surface area contributed by atoms with Crippen LogP contribution < -0.4 is 19.4 Å². The molecule has 1 rings (SSSR count). The summed E-state index contributed by atoms with van der Waals surface area (Å²) in [6, 6.07) is 4.48. The predicted octanol–water partition coefficient (Wildman–Crippen LogP) is 0.230. The Hall–Kier alpha value is -0.945. The second kappa shape index (κ2) is 8.21. The van der Waals surface area contributed by atoms with E-state index in [1.165, 1.54) is 12.1 Å². The van der Waals surface area contributed by atoms with Gasteiger partial charge in [-0.15, -0.1) is 0 Å². The largest absolute Gasteiger partial charge is 0.860 e. The smallest absolute Gasteiger partial charge is 0.133 e. The van der Waals surface area contributed by atoms with Crippen LogP contribution in [0.4, 0.5) is 0 Å². The van der Waals surface area contributed by atoms with E-state index in [4.69, 9.17) is 21.1 Å². The molecule has 0 aliphatic carbocycles. The van der Waals surface area contributed by atoms with Gasteiger partial charge in [-0.05, 0) is 18.6 Å². The lowest BCUT2D eigenvalue weighted by atomic mass is 10.2. The second-order valence-electron chi connectivity index (χ2n) is 3.46. The van der Waals surface area contributed by atoms with Crippen molar-refractivity contribution < 1.29 is 24.2 Å². The summed E-state index contributed by atoms with van der Waals surface area (Å²) in [7, 11) is -2.39. The molecule has 0 spiro atoms. The Labute approximate surface area is 111 Å². The average molecular weight is 272 g/mol. The first-order valence-electron chi connectivity index (χ1n) is 5.62. The molecule has 0 fully saturated rings. The molecule has 5 nitrogen and oxygen atoms in total. The van der Waals surface area contributed by atoms with E-state index in [0.717, 1.165) is 6.42 Å². The van der Waals surface area contributed by atoms with Gasteiger partial charge in [0.25, 0.3) is 0 Å². The Balaban J connectivity index is 2.41. The molecule has 1 aromatic rings. The van der Waals surface area contributed by atoms with Crippen LogP contribution in [0.1, 0.15) is 13.3 Å². The number of ether oxygens (including phenoxy) is 2. The van der Waals surface area contributed by atoms with Crippen molar-refractivity contribution in [3.63, 3.8) is 0 Å². The van der Waals surface area contributed by atoms with Crippen LogP contribution in [0, 0.1) is 0 Å². The van der Waals surface area contributed by atoms with Crippen LogP contribution in [0.15, 0.2) is 18.2 Å². The number of rotatable bonds is 8. The molecule has 0 saturated heterocycles. The Morgan fingerprint density at radius 2 is 2.00 bits per heavy atom. The molecule has 0 heterocycles. The summed E-state index contributed by atoms with van der Waals surface area (Å²) in [6.45, 7) is 3.62. The molecule has 0 N–H and O–H groups in total. The van der Waals surface area contributed by atoms with Gasteiger partial charge in [-0.25, -0.2) is 0 Å². The highest BCUT2D eigenvalue weighted by Gasteiger charge is 2.02. The molecule has 0 aromatic heterocycles. The first kappa shape index (κ1) is 15.1. The third-order valence-corrected chi connectivity index (χ3v) is 2.27. The van der Waals surface area contributed by atoms with Gasteiger partial charge in [0, 0.05) is 12.7 Å². The summed E-state index contributed by atoms with van der Waals surface area (Å²) < 4.78 is 15.1. The van der Waals surface area contributed by atoms with Crippen molar-refractivity contribution in [3.05, 3.63) is 23.2 Å². The van der Waals surface area contributed by atoms with E-state index in [9.17, 15) is 10.0 Å². The van der Waals surface area contributed by atoms with Gasteiger partial charge in [-0.2, -0.15) is 0 Å². The molecule has 1 aromatic carbocycles. The van der Waals surface area contributed by atoms with Gasteiger partial charge >= 0.3 is 0 Å². The van der Waals surface area contributed by atoms with Gasteiger partial charge in [-0.3, -0.25) is 0 Å². The molecule has 18 heavy (non-hydrogen) atoms. The highest BCUT2D eigenvalue weighted by molar-refractivity contribution is 6.34. The maximum absolute atomic E-state index is 10.3. The zero-order chi connectivity index (χ0) is 13.4. The van der Waals surface area contributed by atoms with Crippen LogP contribution in [-0.2, 0) is 4.74 Å². The van der Waals surface area contributed by atoms with E-state index < -0.39 is 7.32 Å². The molecule has 100 valence electrons. The van der Waals surface area contributed by atoms with Crippen LogP contribution in [-0.4, -0.2) is 27.1 Å². The summed E-state index contributed by atoms with van der Waals surface area (Å²) in [5.41, 5.74) is 0. The van der Waals surface area contributed by atoms with E-state index in [0.29, 0.717) is 25.6 Å². The highest BCUT2D eigenvalue weighted by atomic mass is 35.5. The predicted molar refractivity (Wildman–Crippen MR) is 64.4 cm³/mol. The Morgan fingerprint density at radius 3 is 2.61 bits per heavy atom. The van der Waals surface area contributed by atoms with Crippen molar-refractivity contribution >= 4 is 18.9 Å². The minimum absolute atomic E-state index is 0.0567. The summed E-state index contributed by atoms with van der Waals surface area (Å²) in [5, 5.41) is 20.8. The van der Waals surface area contributed by atoms with Gasteiger partial charge in [0.15, 0.2) is 0 Å². The fraction of sp³-hybridized carbons (Fsp3) is 0.455. The maximum atomic E-state index is 10.3. The van der Waals surface area contributed by atoms with E-state index >= 15 is 0 Å². The summed E-state index contributed by atoms with van der Waals surface area (Å²) in [6.07, 6.45) is 0.962. The van der Waals surface area contributed by atoms with E-state index in [1.54, 1.807) is 6.07 Å². The fourth-order valence-electron chi connectivity index (χ4n) is 1.24. The standard InChI is InChI=1S/C11H14BClO5/c1-2-5-16-6-7-17-9-3-4-11(10(13)8-9)18-12(14)15/h3-4,8H,2,5-7H2,1H3/q-2. The minimum Gasteiger partial charge on any atom is -0.860 e. The monoisotopic (exact) mass is 272 g/mol. The maximum Gasteiger partial charge on any atom is 0.133 e. The third kappa shape index (κ3) is 5.60. The molecule has 0 unspecified atom stereocenters. The number of halogens is 1. The lowest BCUT2D eigenvalue weighted by molar-refractivity contribution is -0.372. The Kier molecular flexibility index (Phi) is 6.89. The first-order chi connectivity index (χ1) is 8.63. The number of benzene rings is 1. The van der Waals surface area contributed by atoms with Crippen LogP contribution >= 0.6 is 11.6 Å². The van der Waals surface area contributed by atoms with Crippen molar-refractivity contribution in [2.75, 3.05) is 19.8 Å². The third-order valence-electron chi connectivity index (χ3n) is 1.97.